The summed E-state index contributed by atoms with van der Waals surface area (Å²) in [5.74, 6) is 0. The maximum Gasteiger partial charge on any atom is 0.305 e. The number of hydrogen-bond acceptors (Lipinski definition) is 6. The molecule has 0 unspecified atom stereocenters. The summed E-state index contributed by atoms with van der Waals surface area (Å²) < 4.78 is 26.2. The van der Waals surface area contributed by atoms with Crippen molar-refractivity contribution in [2.24, 2.45) is 0 Å². The molecule has 7 nitrogen and oxygen atoms in total. The van der Waals surface area contributed by atoms with Crippen molar-refractivity contribution >= 4 is 21.4 Å². The molecular weight excluding hydrogens is 300 g/mol. The molecule has 1 aliphatic heterocycles. The predicted octanol–water partition coefficient (Wildman–Crippen LogP) is -0.729. The van der Waals surface area contributed by atoms with E-state index < -0.39 is 10.0 Å². The number of piperazine rings is 1. The van der Waals surface area contributed by atoms with Gasteiger partial charge in [-0.25, -0.2) is 8.42 Å². The van der Waals surface area contributed by atoms with Crippen LogP contribution in [0.25, 0.3) is 0 Å². The Kier molecular flexibility index (Phi) is 4.97. The zero-order chi connectivity index (χ0) is 14.8. The van der Waals surface area contributed by atoms with Crippen molar-refractivity contribution in [1.82, 2.24) is 19.5 Å². The Morgan fingerprint density at radius 3 is 2.55 bits per heavy atom. The molecule has 2 heterocycles. The van der Waals surface area contributed by atoms with Gasteiger partial charge in [0.1, 0.15) is 0 Å². The molecule has 2 rings (SSSR count). The summed E-state index contributed by atoms with van der Waals surface area (Å²) in [6.07, 6.45) is 0. The van der Waals surface area contributed by atoms with Crippen molar-refractivity contribution in [3.63, 3.8) is 0 Å². The van der Waals surface area contributed by atoms with Crippen LogP contribution < -0.4 is 10.2 Å². The van der Waals surface area contributed by atoms with Gasteiger partial charge in [0.25, 0.3) is 10.0 Å². The lowest BCUT2D eigenvalue weighted by molar-refractivity contribution is 0.229. The molecule has 9 heteroatoms. The van der Waals surface area contributed by atoms with E-state index in [1.165, 1.54) is 4.31 Å². The first-order valence-corrected chi connectivity index (χ1v) is 8.76. The number of aryl methyl sites for hydroxylation is 1. The summed E-state index contributed by atoms with van der Waals surface area (Å²) in [5, 5.41) is 3.26. The van der Waals surface area contributed by atoms with E-state index in [0.717, 1.165) is 37.5 Å². The number of aromatic nitrogens is 1. The minimum atomic E-state index is -3.57. The molecule has 0 atom stereocenters. The van der Waals surface area contributed by atoms with Crippen molar-refractivity contribution in [3.8, 4) is 0 Å². The zero-order valence-electron chi connectivity index (χ0n) is 11.7. The van der Waals surface area contributed by atoms with Gasteiger partial charge in [-0.15, -0.1) is 0 Å². The van der Waals surface area contributed by atoms with Gasteiger partial charge in [0.05, 0.1) is 0 Å². The Labute approximate surface area is 122 Å². The molecule has 1 aliphatic rings. The van der Waals surface area contributed by atoms with Crippen molar-refractivity contribution < 1.29 is 8.42 Å². The third-order valence-corrected chi connectivity index (χ3v) is 6.81. The van der Waals surface area contributed by atoms with E-state index in [1.807, 2.05) is 0 Å². The van der Waals surface area contributed by atoms with Gasteiger partial charge in [-0.2, -0.15) is 4.31 Å². The van der Waals surface area contributed by atoms with Gasteiger partial charge in [0.15, 0.2) is 4.21 Å². The minimum absolute atomic E-state index is 0.116. The zero-order valence-corrected chi connectivity index (χ0v) is 13.3. The van der Waals surface area contributed by atoms with Crippen LogP contribution in [-0.2, 0) is 10.0 Å². The highest BCUT2D eigenvalue weighted by Crippen LogP contribution is 2.19. The van der Waals surface area contributed by atoms with E-state index in [-0.39, 0.29) is 9.08 Å². The molecule has 1 fully saturated rings. The maximum absolute atomic E-state index is 12.4. The first-order chi connectivity index (χ1) is 9.41. The molecule has 0 saturated carbocycles. The average molecular weight is 320 g/mol. The van der Waals surface area contributed by atoms with Crippen LogP contribution in [0.15, 0.2) is 9.00 Å². The molecule has 2 N–H and O–H groups in total. The monoisotopic (exact) mass is 320 g/mol. The number of thiazole rings is 1. The van der Waals surface area contributed by atoms with Gasteiger partial charge in [-0.3, -0.25) is 9.69 Å². The van der Waals surface area contributed by atoms with Gasteiger partial charge >= 0.3 is 4.87 Å². The molecule has 0 aliphatic carbocycles. The average Bonchev–Trinajstić information content (AvgIpc) is 2.77. The molecule has 1 aromatic rings. The summed E-state index contributed by atoms with van der Waals surface area (Å²) in [7, 11) is -2.01. The number of sulfonamides is 1. The normalized spacial score (nSPS) is 17.8. The van der Waals surface area contributed by atoms with Crippen LogP contribution in [0.4, 0.5) is 0 Å². The number of aromatic amines is 1. The topological polar surface area (TPSA) is 85.5 Å². The highest BCUT2D eigenvalue weighted by Gasteiger charge is 2.26. The number of likely N-dealkylation sites (N-methyl/N-ethyl adjacent to an activating group) is 1. The van der Waals surface area contributed by atoms with Gasteiger partial charge < -0.3 is 10.3 Å². The van der Waals surface area contributed by atoms with Crippen LogP contribution in [0.1, 0.15) is 5.69 Å². The Morgan fingerprint density at radius 1 is 1.35 bits per heavy atom. The van der Waals surface area contributed by atoms with E-state index in [4.69, 9.17) is 0 Å². The van der Waals surface area contributed by atoms with Crippen molar-refractivity contribution in [2.45, 2.75) is 11.1 Å². The lowest BCUT2D eigenvalue weighted by atomic mass is 10.3. The lowest BCUT2D eigenvalue weighted by Gasteiger charge is -2.28. The summed E-state index contributed by atoms with van der Waals surface area (Å²) >= 11 is 0.747. The van der Waals surface area contributed by atoms with Crippen LogP contribution in [0.2, 0.25) is 0 Å². The largest absolute Gasteiger partial charge is 0.315 e. The minimum Gasteiger partial charge on any atom is -0.315 e. The van der Waals surface area contributed by atoms with E-state index in [1.54, 1.807) is 14.0 Å². The first kappa shape index (κ1) is 15.6. The maximum atomic E-state index is 12.4. The van der Waals surface area contributed by atoms with Gasteiger partial charge in [-0.1, -0.05) is 11.3 Å². The number of rotatable bonds is 5. The molecule has 0 radical (unpaired) electrons. The highest BCUT2D eigenvalue weighted by atomic mass is 32.2. The van der Waals surface area contributed by atoms with Gasteiger partial charge in [0, 0.05) is 52.0 Å². The molecule has 0 aromatic carbocycles. The first-order valence-electron chi connectivity index (χ1n) is 6.50. The third-order valence-electron chi connectivity index (χ3n) is 3.37. The molecule has 0 amide bonds. The number of hydrogen-bond donors (Lipinski definition) is 2. The standard InChI is InChI=1S/C11H20N4O3S2/c1-9-10(19-11(16)13-9)20(17,18)14(2)7-8-15-5-3-12-4-6-15/h12H,3-8H2,1-2H3,(H,13,16). The van der Waals surface area contributed by atoms with Crippen LogP contribution in [0.5, 0.6) is 0 Å². The van der Waals surface area contributed by atoms with Crippen LogP contribution in [0.3, 0.4) is 0 Å². The molecule has 1 aromatic heterocycles. The smallest absolute Gasteiger partial charge is 0.305 e. The van der Waals surface area contributed by atoms with Crippen molar-refractivity contribution in [2.75, 3.05) is 46.3 Å². The number of nitrogens with zero attached hydrogens (tertiary/aromatic N) is 2. The predicted molar refractivity (Wildman–Crippen MR) is 78.8 cm³/mol. The second kappa shape index (κ2) is 6.35. The molecule has 20 heavy (non-hydrogen) atoms. The Balaban J connectivity index is 2.01. The Morgan fingerprint density at radius 2 is 2.00 bits per heavy atom. The SMILES string of the molecule is Cc1[nH]c(=O)sc1S(=O)(=O)N(C)CCN1CCNCC1. The van der Waals surface area contributed by atoms with Crippen LogP contribution in [-0.4, -0.2) is 68.9 Å². The Bertz CT molecular complexity index is 601. The third kappa shape index (κ3) is 3.47. The fraction of sp³-hybridized carbons (Fsp3) is 0.727. The lowest BCUT2D eigenvalue weighted by Crippen LogP contribution is -2.46. The van der Waals surface area contributed by atoms with Crippen molar-refractivity contribution in [1.29, 1.82) is 0 Å². The number of nitrogens with one attached hydrogen (secondary N) is 2. The second-order valence-corrected chi connectivity index (χ2v) is 8.07. The quantitative estimate of drug-likeness (QED) is 0.747. The van der Waals surface area contributed by atoms with E-state index in [9.17, 15) is 13.2 Å². The van der Waals surface area contributed by atoms with Crippen LogP contribution in [0, 0.1) is 6.92 Å². The van der Waals surface area contributed by atoms with Crippen molar-refractivity contribution in [3.05, 3.63) is 15.4 Å². The fourth-order valence-corrected chi connectivity index (χ4v) is 4.76. The summed E-state index contributed by atoms with van der Waals surface area (Å²) in [5.41, 5.74) is 0.411. The Hall–Kier alpha value is -0.740. The molecular formula is C11H20N4O3S2. The second-order valence-electron chi connectivity index (χ2n) is 4.85. The molecule has 114 valence electrons. The van der Waals surface area contributed by atoms with Crippen LogP contribution >= 0.6 is 11.3 Å². The molecule has 1 saturated heterocycles. The van der Waals surface area contributed by atoms with E-state index in [0.29, 0.717) is 18.8 Å². The molecule has 0 bridgehead atoms. The number of H-pyrrole nitrogens is 1. The van der Waals surface area contributed by atoms with Gasteiger partial charge in [-0.05, 0) is 6.92 Å². The highest BCUT2D eigenvalue weighted by molar-refractivity contribution is 7.91. The van der Waals surface area contributed by atoms with E-state index >= 15 is 0 Å². The fourth-order valence-electron chi connectivity index (χ4n) is 2.12. The van der Waals surface area contributed by atoms with Gasteiger partial charge in [0.2, 0.25) is 0 Å². The molecule has 0 spiro atoms. The summed E-state index contributed by atoms with van der Waals surface area (Å²) in [6, 6.07) is 0. The van der Waals surface area contributed by atoms with E-state index in [2.05, 4.69) is 15.2 Å². The summed E-state index contributed by atoms with van der Waals surface area (Å²) in [6.45, 7) is 6.48. The summed E-state index contributed by atoms with van der Waals surface area (Å²) in [4.78, 5) is 15.7.